The molecule has 0 amide bonds. The second-order valence-corrected chi connectivity index (χ2v) is 17.4. The molecule has 0 saturated carbocycles. The van der Waals surface area contributed by atoms with Crippen LogP contribution in [0.15, 0.2) is 0 Å². The topological polar surface area (TPSA) is 0 Å². The van der Waals surface area contributed by atoms with Gasteiger partial charge in [0.2, 0.25) is 0 Å². The van der Waals surface area contributed by atoms with E-state index in [-0.39, 0.29) is 17.0 Å². The molecule has 0 fully saturated rings. The minimum Gasteiger partial charge on any atom is -1.00 e. The Morgan fingerprint density at radius 2 is 1.35 bits per heavy atom. The molecule has 0 spiro atoms. The van der Waals surface area contributed by atoms with Crippen LogP contribution in [0.5, 0.6) is 0 Å². The summed E-state index contributed by atoms with van der Waals surface area (Å²) in [6.07, 6.45) is 0. The number of hydrogen-bond donors (Lipinski definition) is 0. The van der Waals surface area contributed by atoms with Gasteiger partial charge in [-0.2, -0.15) is 0 Å². The Kier molecular flexibility index (Phi) is 11.9. The molecular weight excluding hydrogens is 404 g/mol. The van der Waals surface area contributed by atoms with E-state index >= 15 is 0 Å². The third kappa shape index (κ3) is 15.0. The van der Waals surface area contributed by atoms with E-state index in [0.717, 1.165) is 11.8 Å². The van der Waals surface area contributed by atoms with Crippen LogP contribution < -0.4 is 17.0 Å². The summed E-state index contributed by atoms with van der Waals surface area (Å²) >= 11 is -0.904. The van der Waals surface area contributed by atoms with Crippen molar-refractivity contribution in [1.82, 2.24) is 0 Å². The van der Waals surface area contributed by atoms with Crippen LogP contribution in [-0.4, -0.2) is 27.6 Å². The molecule has 0 aliphatic heterocycles. The van der Waals surface area contributed by atoms with E-state index in [9.17, 15) is 0 Å². The van der Waals surface area contributed by atoms with Crippen molar-refractivity contribution in [2.24, 2.45) is 11.8 Å². The Hall–Kier alpha value is 1.05. The van der Waals surface area contributed by atoms with Crippen LogP contribution in [0, 0.1) is 23.3 Å². The SMILES string of the molecule is CC(C)C[Te+](CC#C[Si](C)(C)C)CC(C)C.[Br-]. The van der Waals surface area contributed by atoms with Gasteiger partial charge in [-0.15, -0.1) is 0 Å². The maximum absolute atomic E-state index is 3.53. The molecule has 0 nitrogen and oxygen atoms in total. The molecule has 0 saturated heterocycles. The first-order valence-corrected chi connectivity index (χ1v) is 14.8. The zero-order valence-electron chi connectivity index (χ0n) is 12.6. The van der Waals surface area contributed by atoms with Crippen LogP contribution in [0.4, 0.5) is 0 Å². The molecule has 0 radical (unpaired) electrons. The average molecular weight is 433 g/mol. The fourth-order valence-electron chi connectivity index (χ4n) is 1.53. The van der Waals surface area contributed by atoms with Crippen molar-refractivity contribution in [2.45, 2.75) is 60.7 Å². The van der Waals surface area contributed by atoms with Gasteiger partial charge < -0.3 is 17.0 Å². The van der Waals surface area contributed by atoms with Gasteiger partial charge in [-0.25, -0.2) is 0 Å². The molecular formula is C14H29BrSiTe. The fraction of sp³-hybridized carbons (Fsp3) is 0.857. The average Bonchev–Trinajstić information content (AvgIpc) is 1.98. The van der Waals surface area contributed by atoms with E-state index in [0.29, 0.717) is 0 Å². The Labute approximate surface area is 128 Å². The van der Waals surface area contributed by atoms with Crippen molar-refractivity contribution in [2.75, 3.05) is 0 Å². The maximum Gasteiger partial charge on any atom is -1.00 e. The van der Waals surface area contributed by atoms with E-state index in [1.54, 1.807) is 0 Å². The van der Waals surface area contributed by atoms with E-state index < -0.39 is 27.6 Å². The summed E-state index contributed by atoms with van der Waals surface area (Å²) < 4.78 is 4.29. The van der Waals surface area contributed by atoms with Gasteiger partial charge in [0.25, 0.3) is 0 Å². The van der Waals surface area contributed by atoms with Gasteiger partial charge in [0.1, 0.15) is 0 Å². The molecule has 0 bridgehead atoms. The van der Waals surface area contributed by atoms with Crippen LogP contribution in [0.1, 0.15) is 27.7 Å². The van der Waals surface area contributed by atoms with Crippen LogP contribution in [0.3, 0.4) is 0 Å². The summed E-state index contributed by atoms with van der Waals surface area (Å²) in [5.41, 5.74) is 3.53. The molecule has 0 rings (SSSR count). The van der Waals surface area contributed by atoms with E-state index in [4.69, 9.17) is 0 Å². The third-order valence-electron chi connectivity index (χ3n) is 1.88. The first-order chi connectivity index (χ1) is 7.20. The molecule has 0 aromatic heterocycles. The first-order valence-electron chi connectivity index (χ1n) is 6.35. The molecule has 0 aromatic carbocycles. The molecule has 0 heterocycles. The third-order valence-corrected chi connectivity index (χ3v) is 10.9. The molecule has 0 aromatic rings. The van der Waals surface area contributed by atoms with Gasteiger partial charge in [0.15, 0.2) is 0 Å². The number of halogens is 1. The van der Waals surface area contributed by atoms with Crippen LogP contribution in [0.25, 0.3) is 0 Å². The predicted octanol–water partition coefficient (Wildman–Crippen LogP) is 1.68. The molecule has 0 aliphatic rings. The summed E-state index contributed by atoms with van der Waals surface area (Å²) in [4.78, 5) is 0. The minimum absolute atomic E-state index is 0. The fourth-order valence-corrected chi connectivity index (χ4v) is 9.78. The van der Waals surface area contributed by atoms with Crippen LogP contribution >= 0.6 is 0 Å². The predicted molar refractivity (Wildman–Crippen MR) is 81.0 cm³/mol. The van der Waals surface area contributed by atoms with Gasteiger partial charge >= 0.3 is 112 Å². The maximum atomic E-state index is 3.53. The van der Waals surface area contributed by atoms with Crippen molar-refractivity contribution < 1.29 is 17.0 Å². The normalized spacial score (nSPS) is 11.4. The van der Waals surface area contributed by atoms with Crippen LogP contribution in [0.2, 0.25) is 33.0 Å². The smallest absolute Gasteiger partial charge is 1.00 e. The Bertz CT molecular complexity index is 235. The molecule has 0 atom stereocenters. The first kappa shape index (κ1) is 20.4. The quantitative estimate of drug-likeness (QED) is 0.458. The number of rotatable bonds is 5. The Morgan fingerprint density at radius 3 is 1.65 bits per heavy atom. The molecule has 0 N–H and O–H groups in total. The van der Waals surface area contributed by atoms with Gasteiger partial charge in [0, 0.05) is 0 Å². The van der Waals surface area contributed by atoms with Crippen molar-refractivity contribution in [3.63, 3.8) is 0 Å². The zero-order valence-corrected chi connectivity index (χ0v) is 17.5. The van der Waals surface area contributed by atoms with Gasteiger partial charge in [0.05, 0.1) is 0 Å². The van der Waals surface area contributed by atoms with Crippen LogP contribution in [-0.2, 0) is 0 Å². The summed E-state index contributed by atoms with van der Waals surface area (Å²) in [6, 6.07) is 0. The second kappa shape index (κ2) is 9.91. The van der Waals surface area contributed by atoms with E-state index in [2.05, 4.69) is 58.8 Å². The molecule has 102 valence electrons. The minimum atomic E-state index is -1.14. The van der Waals surface area contributed by atoms with Crippen molar-refractivity contribution in [3.05, 3.63) is 0 Å². The van der Waals surface area contributed by atoms with Crippen molar-refractivity contribution >= 4 is 27.6 Å². The van der Waals surface area contributed by atoms with Crippen molar-refractivity contribution in [3.8, 4) is 11.5 Å². The second-order valence-electron chi connectivity index (χ2n) is 6.43. The van der Waals surface area contributed by atoms with Gasteiger partial charge in [-0.1, -0.05) is 0 Å². The number of hydrogen-bond acceptors (Lipinski definition) is 0. The Balaban J connectivity index is 0. The van der Waals surface area contributed by atoms with Gasteiger partial charge in [-0.05, 0) is 0 Å². The zero-order chi connectivity index (χ0) is 12.8. The molecule has 0 aliphatic carbocycles. The van der Waals surface area contributed by atoms with E-state index in [1.165, 1.54) is 13.4 Å². The van der Waals surface area contributed by atoms with E-state index in [1.807, 2.05) is 0 Å². The summed E-state index contributed by atoms with van der Waals surface area (Å²) in [6.45, 7) is 16.5. The standard InChI is InChI=1S/C14H29SiTe.BrH/c1-13(2)11-16(12-14(3)4)10-8-9-15(5,6)7;/h13-14H,10-12H2,1-7H3;1H/q+1;/p-1. The molecule has 17 heavy (non-hydrogen) atoms. The monoisotopic (exact) mass is 434 g/mol. The summed E-state index contributed by atoms with van der Waals surface area (Å²) in [5.74, 6) is 5.28. The van der Waals surface area contributed by atoms with Gasteiger partial charge in [-0.3, -0.25) is 0 Å². The molecule has 0 unspecified atom stereocenters. The molecule has 3 heteroatoms. The summed E-state index contributed by atoms with van der Waals surface area (Å²) in [5, 5.41) is 0. The van der Waals surface area contributed by atoms with Crippen molar-refractivity contribution in [1.29, 1.82) is 0 Å². The largest absolute Gasteiger partial charge is 1.00 e. The Morgan fingerprint density at radius 1 is 0.941 bits per heavy atom. The summed E-state index contributed by atoms with van der Waals surface area (Å²) in [7, 11) is -1.14.